The second-order valence-electron chi connectivity index (χ2n) is 5.36. The van der Waals surface area contributed by atoms with Crippen molar-refractivity contribution >= 4 is 11.9 Å². The first-order chi connectivity index (χ1) is 11.0. The molecule has 1 aliphatic heterocycles. The van der Waals surface area contributed by atoms with Crippen LogP contribution in [-0.2, 0) is 10.5 Å². The molecule has 2 N–H and O–H groups in total. The van der Waals surface area contributed by atoms with Crippen molar-refractivity contribution in [3.8, 4) is 0 Å². The Kier molecular flexibility index (Phi) is 3.57. The summed E-state index contributed by atoms with van der Waals surface area (Å²) in [6, 6.07) is 3.93. The number of fused-ring (bicyclic) bond motifs is 1. The van der Waals surface area contributed by atoms with Gasteiger partial charge in [0.1, 0.15) is 5.97 Å². The number of carboxylic acid groups (broad SMARTS) is 1. The number of carbonyl (C=O) groups is 2. The zero-order chi connectivity index (χ0) is 16.6. The van der Waals surface area contributed by atoms with E-state index in [1.54, 1.807) is 37.5 Å². The monoisotopic (exact) mass is 313 g/mol. The summed E-state index contributed by atoms with van der Waals surface area (Å²) in [6.45, 7) is 1.75. The van der Waals surface area contributed by atoms with Crippen LogP contribution < -0.4 is 15.0 Å². The van der Waals surface area contributed by atoms with Gasteiger partial charge in [-0.15, -0.1) is 0 Å². The van der Waals surface area contributed by atoms with Gasteiger partial charge in [0.15, 0.2) is 24.2 Å². The number of carboxylic acids is 1. The highest BCUT2D eigenvalue weighted by Gasteiger charge is 2.43. The summed E-state index contributed by atoms with van der Waals surface area (Å²) < 4.78 is 1.49. The summed E-state index contributed by atoms with van der Waals surface area (Å²) in [5, 5.41) is 24.5. The molecular formula is C16H15N3O4. The largest absolute Gasteiger partial charge is 0.543 e. The highest BCUT2D eigenvalue weighted by Crippen LogP contribution is 2.33. The van der Waals surface area contributed by atoms with Crippen LogP contribution in [0.1, 0.15) is 40.9 Å². The standard InChI is InChI=1S/C16H15N3O4/c1-2-13(15(21)22)19-7-4-10(5-8-19)16(23)12-3-6-17-9-11(12)14(20)18-16/h3-9,13,23H,2H2,1H3,(H-,18,20,21,22). The summed E-state index contributed by atoms with van der Waals surface area (Å²) in [5.41, 5.74) is -0.493. The molecule has 3 heterocycles. The van der Waals surface area contributed by atoms with Gasteiger partial charge in [-0.3, -0.25) is 9.78 Å². The Morgan fingerprint density at radius 2 is 2.13 bits per heavy atom. The van der Waals surface area contributed by atoms with Gasteiger partial charge in [0.25, 0.3) is 5.91 Å². The Balaban J connectivity index is 2.00. The lowest BCUT2D eigenvalue weighted by molar-refractivity contribution is -0.716. The summed E-state index contributed by atoms with van der Waals surface area (Å²) in [5.74, 6) is -1.58. The van der Waals surface area contributed by atoms with Crippen LogP contribution >= 0.6 is 0 Å². The number of carbonyl (C=O) groups excluding carboxylic acids is 2. The normalized spacial score (nSPS) is 20.7. The van der Waals surface area contributed by atoms with Crippen LogP contribution in [0.5, 0.6) is 0 Å². The Bertz CT molecular complexity index is 775. The fourth-order valence-corrected chi connectivity index (χ4v) is 2.80. The molecule has 1 amide bonds. The van der Waals surface area contributed by atoms with Gasteiger partial charge in [0.05, 0.1) is 5.56 Å². The number of nitrogens with one attached hydrogen (secondary N) is 1. The number of pyridine rings is 2. The number of hydrogen-bond acceptors (Lipinski definition) is 5. The maximum Gasteiger partial charge on any atom is 0.256 e. The van der Waals surface area contributed by atoms with Gasteiger partial charge in [-0.2, -0.15) is 4.57 Å². The molecule has 7 nitrogen and oxygen atoms in total. The molecule has 0 bridgehead atoms. The molecule has 2 atom stereocenters. The van der Waals surface area contributed by atoms with E-state index in [0.717, 1.165) is 0 Å². The molecule has 0 spiro atoms. The van der Waals surface area contributed by atoms with Gasteiger partial charge >= 0.3 is 0 Å². The average molecular weight is 313 g/mol. The van der Waals surface area contributed by atoms with Crippen LogP contribution in [0.15, 0.2) is 43.0 Å². The van der Waals surface area contributed by atoms with Crippen molar-refractivity contribution in [2.75, 3.05) is 0 Å². The Morgan fingerprint density at radius 3 is 2.74 bits per heavy atom. The van der Waals surface area contributed by atoms with Crippen molar-refractivity contribution < 1.29 is 24.4 Å². The van der Waals surface area contributed by atoms with E-state index in [4.69, 9.17) is 0 Å². The predicted molar refractivity (Wildman–Crippen MR) is 75.7 cm³/mol. The second-order valence-corrected chi connectivity index (χ2v) is 5.36. The molecule has 0 saturated carbocycles. The van der Waals surface area contributed by atoms with Gasteiger partial charge in [-0.05, 0) is 6.07 Å². The highest BCUT2D eigenvalue weighted by molar-refractivity contribution is 5.99. The molecule has 3 rings (SSSR count). The van der Waals surface area contributed by atoms with E-state index in [-0.39, 0.29) is 0 Å². The van der Waals surface area contributed by atoms with Crippen LogP contribution in [0.2, 0.25) is 0 Å². The average Bonchev–Trinajstić information content (AvgIpc) is 2.81. The minimum Gasteiger partial charge on any atom is -0.543 e. The summed E-state index contributed by atoms with van der Waals surface area (Å²) in [7, 11) is 0. The Morgan fingerprint density at radius 1 is 1.43 bits per heavy atom. The summed E-state index contributed by atoms with van der Waals surface area (Å²) in [4.78, 5) is 26.9. The van der Waals surface area contributed by atoms with Crippen LogP contribution in [0.3, 0.4) is 0 Å². The maximum atomic E-state index is 12.0. The van der Waals surface area contributed by atoms with Crippen molar-refractivity contribution in [2.24, 2.45) is 0 Å². The quantitative estimate of drug-likeness (QED) is 0.705. The number of aliphatic hydroxyl groups is 1. The van der Waals surface area contributed by atoms with E-state index in [9.17, 15) is 19.8 Å². The maximum absolute atomic E-state index is 12.0. The molecule has 23 heavy (non-hydrogen) atoms. The van der Waals surface area contributed by atoms with Gasteiger partial charge in [-0.1, -0.05) is 6.92 Å². The van der Waals surface area contributed by atoms with Crippen LogP contribution in [0.4, 0.5) is 0 Å². The Labute approximate surface area is 132 Å². The SMILES string of the molecule is CCC(C(=O)[O-])[n+]1ccc(C2(O)NC(=O)c3cnccc32)cc1. The fraction of sp³-hybridized carbons (Fsp3) is 0.250. The third kappa shape index (κ3) is 2.35. The molecule has 2 unspecified atom stereocenters. The third-order valence-corrected chi connectivity index (χ3v) is 4.04. The molecular weight excluding hydrogens is 298 g/mol. The zero-order valence-corrected chi connectivity index (χ0v) is 12.4. The van der Waals surface area contributed by atoms with E-state index >= 15 is 0 Å². The number of rotatable bonds is 4. The zero-order valence-electron chi connectivity index (χ0n) is 12.4. The van der Waals surface area contributed by atoms with Crippen LogP contribution in [0.25, 0.3) is 0 Å². The fourth-order valence-electron chi connectivity index (χ4n) is 2.80. The first-order valence-corrected chi connectivity index (χ1v) is 7.19. The number of aliphatic carboxylic acids is 1. The minimum absolute atomic E-state index is 0.313. The van der Waals surface area contributed by atoms with Gasteiger partial charge in [0.2, 0.25) is 0 Å². The molecule has 0 aromatic carbocycles. The van der Waals surface area contributed by atoms with E-state index in [1.807, 2.05) is 0 Å². The number of nitrogens with zero attached hydrogens (tertiary/aromatic N) is 2. The van der Waals surface area contributed by atoms with E-state index in [1.165, 1.54) is 17.0 Å². The van der Waals surface area contributed by atoms with Crippen molar-refractivity contribution in [3.63, 3.8) is 0 Å². The highest BCUT2D eigenvalue weighted by atomic mass is 16.4. The topological polar surface area (TPSA) is 106 Å². The number of hydrogen-bond donors (Lipinski definition) is 2. The summed E-state index contributed by atoms with van der Waals surface area (Å²) >= 11 is 0. The lowest BCUT2D eigenvalue weighted by atomic mass is 9.96. The molecule has 2 aromatic rings. The van der Waals surface area contributed by atoms with Crippen LogP contribution in [0, 0.1) is 0 Å². The minimum atomic E-state index is -1.66. The number of aromatic nitrogens is 2. The number of amides is 1. The lowest BCUT2D eigenvalue weighted by Gasteiger charge is -2.24. The summed E-state index contributed by atoms with van der Waals surface area (Å²) in [6.07, 6.45) is 6.36. The van der Waals surface area contributed by atoms with E-state index in [0.29, 0.717) is 23.1 Å². The van der Waals surface area contributed by atoms with Crippen molar-refractivity contribution in [1.82, 2.24) is 10.3 Å². The molecule has 0 radical (unpaired) electrons. The molecule has 118 valence electrons. The molecule has 7 heteroatoms. The van der Waals surface area contributed by atoms with Crippen molar-refractivity contribution in [3.05, 3.63) is 59.7 Å². The Hall–Kier alpha value is -2.80. The molecule has 0 fully saturated rings. The smallest absolute Gasteiger partial charge is 0.256 e. The van der Waals surface area contributed by atoms with E-state index < -0.39 is 23.6 Å². The molecule has 2 aromatic heterocycles. The van der Waals surface area contributed by atoms with Crippen LogP contribution in [-0.4, -0.2) is 22.0 Å². The van der Waals surface area contributed by atoms with Crippen molar-refractivity contribution in [1.29, 1.82) is 0 Å². The predicted octanol–water partition coefficient (Wildman–Crippen LogP) is -0.993. The third-order valence-electron chi connectivity index (χ3n) is 4.04. The first-order valence-electron chi connectivity index (χ1n) is 7.19. The second kappa shape index (κ2) is 5.44. The molecule has 0 aliphatic carbocycles. The van der Waals surface area contributed by atoms with Gasteiger partial charge in [-0.25, -0.2) is 0 Å². The molecule has 1 aliphatic rings. The van der Waals surface area contributed by atoms with Gasteiger partial charge in [0, 0.05) is 42.1 Å². The van der Waals surface area contributed by atoms with E-state index in [2.05, 4.69) is 10.3 Å². The lowest BCUT2D eigenvalue weighted by Crippen LogP contribution is -2.49. The van der Waals surface area contributed by atoms with Crippen molar-refractivity contribution in [2.45, 2.75) is 25.1 Å². The first kappa shape index (κ1) is 15.1. The van der Waals surface area contributed by atoms with Gasteiger partial charge < -0.3 is 20.3 Å². The molecule has 0 saturated heterocycles.